The van der Waals surface area contributed by atoms with Crippen LogP contribution >= 0.6 is 0 Å². The summed E-state index contributed by atoms with van der Waals surface area (Å²) in [5, 5.41) is 2.93. The summed E-state index contributed by atoms with van der Waals surface area (Å²) >= 11 is 0. The molecule has 0 saturated heterocycles. The minimum Gasteiger partial charge on any atom is -0.466 e. The van der Waals surface area contributed by atoms with E-state index in [4.69, 9.17) is 4.74 Å². The lowest BCUT2D eigenvalue weighted by Crippen LogP contribution is -2.36. The Balaban J connectivity index is 2.20. The van der Waals surface area contributed by atoms with Crippen molar-refractivity contribution < 1.29 is 14.3 Å². The van der Waals surface area contributed by atoms with Crippen LogP contribution in [0.4, 0.5) is 0 Å². The highest BCUT2D eigenvalue weighted by atomic mass is 16.5. The number of hydrogen-bond donors (Lipinski definition) is 1. The van der Waals surface area contributed by atoms with E-state index < -0.39 is 0 Å². The number of ether oxygens (including phenoxy) is 1. The number of carbonyl (C=O) groups is 2. The SMILES string of the molecule is CCOC(=O)CCCNC(=O)C1CCCC1(C)C. The second-order valence-electron chi connectivity index (χ2n) is 5.63. The molecule has 1 amide bonds. The summed E-state index contributed by atoms with van der Waals surface area (Å²) < 4.78 is 4.83. The zero-order valence-electron chi connectivity index (χ0n) is 11.8. The predicted molar refractivity (Wildman–Crippen MR) is 70.0 cm³/mol. The third-order valence-corrected chi connectivity index (χ3v) is 3.74. The van der Waals surface area contributed by atoms with Crippen molar-refractivity contribution in [3.63, 3.8) is 0 Å². The summed E-state index contributed by atoms with van der Waals surface area (Å²) in [6.45, 7) is 7.08. The Morgan fingerprint density at radius 2 is 2.11 bits per heavy atom. The van der Waals surface area contributed by atoms with Gasteiger partial charge in [-0.25, -0.2) is 0 Å². The van der Waals surface area contributed by atoms with E-state index in [1.54, 1.807) is 6.92 Å². The Hall–Kier alpha value is -1.06. The second kappa shape index (κ2) is 6.76. The van der Waals surface area contributed by atoms with E-state index in [-0.39, 0.29) is 23.2 Å². The van der Waals surface area contributed by atoms with E-state index in [0.717, 1.165) is 19.3 Å². The van der Waals surface area contributed by atoms with Gasteiger partial charge in [0.25, 0.3) is 0 Å². The zero-order valence-corrected chi connectivity index (χ0v) is 11.8. The van der Waals surface area contributed by atoms with Crippen molar-refractivity contribution in [3.05, 3.63) is 0 Å². The van der Waals surface area contributed by atoms with Crippen molar-refractivity contribution in [1.29, 1.82) is 0 Å². The fraction of sp³-hybridized carbons (Fsp3) is 0.857. The standard InChI is InChI=1S/C14H25NO3/c1-4-18-12(16)8-6-10-15-13(17)11-7-5-9-14(11,2)3/h11H,4-10H2,1-3H3,(H,15,17). The number of nitrogens with one attached hydrogen (secondary N) is 1. The summed E-state index contributed by atoms with van der Waals surface area (Å²) in [5.74, 6) is 0.0781. The van der Waals surface area contributed by atoms with E-state index in [1.165, 1.54) is 0 Å². The van der Waals surface area contributed by atoms with Crippen molar-refractivity contribution in [1.82, 2.24) is 5.32 Å². The van der Waals surface area contributed by atoms with Gasteiger partial charge in [-0.1, -0.05) is 20.3 Å². The molecule has 0 aromatic heterocycles. The first-order chi connectivity index (χ1) is 8.47. The van der Waals surface area contributed by atoms with E-state index >= 15 is 0 Å². The van der Waals surface area contributed by atoms with Crippen molar-refractivity contribution in [2.45, 2.75) is 52.9 Å². The number of esters is 1. The quantitative estimate of drug-likeness (QED) is 0.585. The van der Waals surface area contributed by atoms with E-state index in [1.807, 2.05) is 0 Å². The van der Waals surface area contributed by atoms with Gasteiger partial charge < -0.3 is 10.1 Å². The van der Waals surface area contributed by atoms with Crippen molar-refractivity contribution in [2.24, 2.45) is 11.3 Å². The van der Waals surface area contributed by atoms with Gasteiger partial charge >= 0.3 is 5.97 Å². The largest absolute Gasteiger partial charge is 0.466 e. The topological polar surface area (TPSA) is 55.4 Å². The van der Waals surface area contributed by atoms with Crippen LogP contribution in [-0.2, 0) is 14.3 Å². The van der Waals surface area contributed by atoms with Gasteiger partial charge in [0.1, 0.15) is 0 Å². The maximum Gasteiger partial charge on any atom is 0.305 e. The molecule has 0 aromatic rings. The summed E-state index contributed by atoms with van der Waals surface area (Å²) in [5.41, 5.74) is 0.116. The first-order valence-electron chi connectivity index (χ1n) is 6.90. The fourth-order valence-electron chi connectivity index (χ4n) is 2.61. The lowest BCUT2D eigenvalue weighted by atomic mass is 9.81. The average Bonchev–Trinajstić information content (AvgIpc) is 2.64. The maximum absolute atomic E-state index is 12.0. The molecular weight excluding hydrogens is 230 g/mol. The first kappa shape index (κ1) is 15.0. The number of carbonyl (C=O) groups excluding carboxylic acids is 2. The molecule has 0 heterocycles. The lowest BCUT2D eigenvalue weighted by Gasteiger charge is -2.25. The Labute approximate surface area is 109 Å². The summed E-state index contributed by atoms with van der Waals surface area (Å²) in [4.78, 5) is 23.1. The molecule has 0 spiro atoms. The predicted octanol–water partition coefficient (Wildman–Crippen LogP) is 2.27. The van der Waals surface area contributed by atoms with E-state index in [0.29, 0.717) is 26.0 Å². The molecule has 4 nitrogen and oxygen atoms in total. The molecule has 104 valence electrons. The highest BCUT2D eigenvalue weighted by Crippen LogP contribution is 2.42. The van der Waals surface area contributed by atoms with Crippen molar-refractivity contribution in [2.75, 3.05) is 13.2 Å². The summed E-state index contributed by atoms with van der Waals surface area (Å²) in [7, 11) is 0. The van der Waals surface area contributed by atoms with Gasteiger partial charge in [0.05, 0.1) is 6.61 Å². The smallest absolute Gasteiger partial charge is 0.305 e. The number of hydrogen-bond acceptors (Lipinski definition) is 3. The molecule has 1 rings (SSSR count). The number of amides is 1. The van der Waals surface area contributed by atoms with Crippen LogP contribution in [0.3, 0.4) is 0 Å². The van der Waals surface area contributed by atoms with Crippen LogP contribution in [-0.4, -0.2) is 25.0 Å². The average molecular weight is 255 g/mol. The molecule has 0 bridgehead atoms. The molecule has 1 N–H and O–H groups in total. The molecule has 1 aliphatic carbocycles. The molecule has 0 radical (unpaired) electrons. The highest BCUT2D eigenvalue weighted by Gasteiger charge is 2.38. The maximum atomic E-state index is 12.0. The van der Waals surface area contributed by atoms with Gasteiger partial charge in [-0.2, -0.15) is 0 Å². The molecule has 1 fully saturated rings. The highest BCUT2D eigenvalue weighted by molar-refractivity contribution is 5.79. The molecule has 0 aromatic carbocycles. The van der Waals surface area contributed by atoms with Crippen LogP contribution in [0.15, 0.2) is 0 Å². The molecule has 18 heavy (non-hydrogen) atoms. The Kier molecular flexibility index (Phi) is 5.63. The number of rotatable bonds is 6. The Morgan fingerprint density at radius 3 is 2.67 bits per heavy atom. The monoisotopic (exact) mass is 255 g/mol. The van der Waals surface area contributed by atoms with Crippen LogP contribution in [0.5, 0.6) is 0 Å². The minimum absolute atomic E-state index is 0.116. The van der Waals surface area contributed by atoms with Gasteiger partial charge in [-0.05, 0) is 31.6 Å². The van der Waals surface area contributed by atoms with Gasteiger partial charge in [-0.3, -0.25) is 9.59 Å². The normalized spacial score (nSPS) is 21.6. The van der Waals surface area contributed by atoms with Gasteiger partial charge in [-0.15, -0.1) is 0 Å². The van der Waals surface area contributed by atoms with Crippen LogP contribution in [0.1, 0.15) is 52.9 Å². The van der Waals surface area contributed by atoms with Crippen LogP contribution < -0.4 is 5.32 Å². The first-order valence-corrected chi connectivity index (χ1v) is 6.90. The second-order valence-corrected chi connectivity index (χ2v) is 5.63. The zero-order chi connectivity index (χ0) is 13.6. The summed E-state index contributed by atoms with van der Waals surface area (Å²) in [6, 6.07) is 0. The van der Waals surface area contributed by atoms with Crippen LogP contribution in [0, 0.1) is 11.3 Å². The Bertz CT molecular complexity index is 299. The van der Waals surface area contributed by atoms with Crippen LogP contribution in [0.25, 0.3) is 0 Å². The van der Waals surface area contributed by atoms with Crippen LogP contribution in [0.2, 0.25) is 0 Å². The van der Waals surface area contributed by atoms with Gasteiger partial charge in [0.2, 0.25) is 5.91 Å². The minimum atomic E-state index is -0.187. The van der Waals surface area contributed by atoms with E-state index in [2.05, 4.69) is 19.2 Å². The van der Waals surface area contributed by atoms with Crippen molar-refractivity contribution in [3.8, 4) is 0 Å². The third kappa shape index (κ3) is 4.31. The molecule has 1 unspecified atom stereocenters. The van der Waals surface area contributed by atoms with Crippen molar-refractivity contribution >= 4 is 11.9 Å². The third-order valence-electron chi connectivity index (χ3n) is 3.74. The van der Waals surface area contributed by atoms with E-state index in [9.17, 15) is 9.59 Å². The molecule has 1 saturated carbocycles. The van der Waals surface area contributed by atoms with Gasteiger partial charge in [0.15, 0.2) is 0 Å². The molecule has 0 aliphatic heterocycles. The molecule has 1 atom stereocenters. The fourth-order valence-corrected chi connectivity index (χ4v) is 2.61. The Morgan fingerprint density at radius 1 is 1.39 bits per heavy atom. The molecule has 4 heteroatoms. The summed E-state index contributed by atoms with van der Waals surface area (Å²) in [6.07, 6.45) is 4.26. The van der Waals surface area contributed by atoms with Gasteiger partial charge in [0, 0.05) is 18.9 Å². The lowest BCUT2D eigenvalue weighted by molar-refractivity contribution is -0.143. The molecular formula is C14H25NO3. The molecule has 1 aliphatic rings.